The number of nitrogens with two attached hydrogens (primary N) is 1. The van der Waals surface area contributed by atoms with E-state index in [1.165, 1.54) is 6.07 Å². The van der Waals surface area contributed by atoms with Gasteiger partial charge in [-0.15, -0.1) is 0 Å². The van der Waals surface area contributed by atoms with Crippen LogP contribution in [0.4, 0.5) is 5.69 Å². The smallest absolute Gasteiger partial charge is 0.238 e. The maximum absolute atomic E-state index is 12.6. The molecule has 148 valence electrons. The lowest BCUT2D eigenvalue weighted by atomic mass is 10.0. The Kier molecular flexibility index (Phi) is 4.86. The molecule has 0 fully saturated rings. The first-order valence-electron chi connectivity index (χ1n) is 9.20. The predicted molar refractivity (Wildman–Crippen MR) is 113 cm³/mol. The fraction of sp³-hybridized carbons (Fsp3) is 0.136. The molecule has 0 aliphatic rings. The number of rotatable bonds is 5. The molecule has 3 aromatic carbocycles. The number of nitrogens with one attached hydrogen (secondary N) is 1. The molecule has 0 aliphatic heterocycles. The second-order valence-electron chi connectivity index (χ2n) is 6.87. The maximum Gasteiger partial charge on any atom is 0.238 e. The second kappa shape index (κ2) is 7.35. The summed E-state index contributed by atoms with van der Waals surface area (Å²) in [5.41, 5.74) is 2.48. The van der Waals surface area contributed by atoms with Crippen LogP contribution in [0.25, 0.3) is 21.7 Å². The molecule has 0 saturated carbocycles. The minimum atomic E-state index is -3.87. The third kappa shape index (κ3) is 3.74. The van der Waals surface area contributed by atoms with Crippen LogP contribution < -0.4 is 10.5 Å². The molecule has 0 unspecified atom stereocenters. The van der Waals surface area contributed by atoms with E-state index in [9.17, 15) is 13.2 Å². The van der Waals surface area contributed by atoms with E-state index in [4.69, 9.17) is 9.56 Å². The first-order valence-corrected chi connectivity index (χ1v) is 10.7. The van der Waals surface area contributed by atoms with Crippen molar-refractivity contribution in [2.24, 2.45) is 5.14 Å². The van der Waals surface area contributed by atoms with Crippen LogP contribution in [0.15, 0.2) is 70.2 Å². The number of sulfonamides is 1. The van der Waals surface area contributed by atoms with Gasteiger partial charge in [-0.25, -0.2) is 13.6 Å². The quantitative estimate of drug-likeness (QED) is 0.521. The Balaban J connectivity index is 1.64. The molecule has 6 nitrogen and oxygen atoms in total. The van der Waals surface area contributed by atoms with Gasteiger partial charge in [0, 0.05) is 16.6 Å². The van der Waals surface area contributed by atoms with E-state index < -0.39 is 10.0 Å². The van der Waals surface area contributed by atoms with Crippen molar-refractivity contribution in [1.29, 1.82) is 0 Å². The third-order valence-corrected chi connectivity index (χ3v) is 5.92. The minimum Gasteiger partial charge on any atom is -0.464 e. The number of furan rings is 1. The van der Waals surface area contributed by atoms with Crippen LogP contribution in [-0.2, 0) is 27.7 Å². The number of hydrogen-bond donors (Lipinski definition) is 2. The molecule has 0 saturated heterocycles. The van der Waals surface area contributed by atoms with E-state index in [1.54, 1.807) is 18.4 Å². The third-order valence-electron chi connectivity index (χ3n) is 4.93. The fourth-order valence-electron chi connectivity index (χ4n) is 3.57. The Morgan fingerprint density at radius 1 is 1.07 bits per heavy atom. The summed E-state index contributed by atoms with van der Waals surface area (Å²) in [5.74, 6) is -0.273. The van der Waals surface area contributed by atoms with E-state index >= 15 is 0 Å². The van der Waals surface area contributed by atoms with E-state index in [2.05, 4.69) is 5.32 Å². The number of carbonyl (C=O) groups is 1. The summed E-state index contributed by atoms with van der Waals surface area (Å²) in [7, 11) is -3.87. The van der Waals surface area contributed by atoms with Gasteiger partial charge in [0.1, 0.15) is 5.58 Å². The highest BCUT2D eigenvalue weighted by Gasteiger charge is 2.16. The molecule has 1 heterocycles. The van der Waals surface area contributed by atoms with Crippen molar-refractivity contribution in [3.05, 3.63) is 72.0 Å². The molecule has 1 amide bonds. The largest absolute Gasteiger partial charge is 0.464 e. The van der Waals surface area contributed by atoms with E-state index in [0.29, 0.717) is 17.7 Å². The number of carbonyl (C=O) groups excluding carboxylic acids is 1. The van der Waals surface area contributed by atoms with Crippen LogP contribution in [0.3, 0.4) is 0 Å². The SMILES string of the molecule is CCc1ccc(NC(=O)Cc2coc3ccc4ccccc4c23)cc1S(N)(=O)=O. The lowest BCUT2D eigenvalue weighted by Gasteiger charge is -2.10. The highest BCUT2D eigenvalue weighted by Crippen LogP contribution is 2.30. The van der Waals surface area contributed by atoms with Gasteiger partial charge in [0.15, 0.2) is 0 Å². The molecule has 0 radical (unpaired) electrons. The maximum atomic E-state index is 12.6. The highest BCUT2D eigenvalue weighted by molar-refractivity contribution is 7.89. The standard InChI is InChI=1S/C22H20N2O4S/c1-2-14-7-9-17(12-20(14)29(23,26)27)24-21(25)11-16-13-28-19-10-8-15-5-3-4-6-18(15)22(16)19/h3-10,12-13H,2,11H2,1H3,(H,24,25)(H2,23,26,27). The Labute approximate surface area is 168 Å². The Morgan fingerprint density at radius 3 is 2.62 bits per heavy atom. The zero-order chi connectivity index (χ0) is 20.6. The Hall–Kier alpha value is -3.16. The van der Waals surface area contributed by atoms with Crippen molar-refractivity contribution in [2.75, 3.05) is 5.32 Å². The lowest BCUT2D eigenvalue weighted by molar-refractivity contribution is -0.115. The fourth-order valence-corrected chi connectivity index (χ4v) is 4.44. The summed E-state index contributed by atoms with van der Waals surface area (Å²) in [5, 5.41) is 11.1. The summed E-state index contributed by atoms with van der Waals surface area (Å²) in [6.45, 7) is 1.84. The zero-order valence-electron chi connectivity index (χ0n) is 15.8. The van der Waals surface area contributed by atoms with Crippen molar-refractivity contribution in [1.82, 2.24) is 0 Å². The number of amides is 1. The summed E-state index contributed by atoms with van der Waals surface area (Å²) in [6, 6.07) is 16.5. The first kappa shape index (κ1) is 19.2. The zero-order valence-corrected chi connectivity index (χ0v) is 16.6. The lowest BCUT2D eigenvalue weighted by Crippen LogP contribution is -2.17. The molecule has 7 heteroatoms. The van der Waals surface area contributed by atoms with Gasteiger partial charge in [-0.1, -0.05) is 43.3 Å². The van der Waals surface area contributed by atoms with Gasteiger partial charge in [-0.3, -0.25) is 4.79 Å². The van der Waals surface area contributed by atoms with Gasteiger partial charge >= 0.3 is 0 Å². The average molecular weight is 408 g/mol. The predicted octanol–water partition coefficient (Wildman–Crippen LogP) is 3.98. The normalized spacial score (nSPS) is 11.8. The van der Waals surface area contributed by atoms with E-state index in [-0.39, 0.29) is 17.2 Å². The first-order chi connectivity index (χ1) is 13.9. The minimum absolute atomic E-state index is 0.0255. The van der Waals surface area contributed by atoms with Crippen molar-refractivity contribution >= 4 is 43.4 Å². The summed E-state index contributed by atoms with van der Waals surface area (Å²) in [4.78, 5) is 12.7. The van der Waals surface area contributed by atoms with Crippen molar-refractivity contribution in [3.8, 4) is 0 Å². The number of aryl methyl sites for hydroxylation is 1. The molecule has 0 bridgehead atoms. The van der Waals surface area contributed by atoms with E-state index in [1.807, 2.05) is 43.3 Å². The topological polar surface area (TPSA) is 102 Å². The van der Waals surface area contributed by atoms with Crippen molar-refractivity contribution < 1.29 is 17.6 Å². The van der Waals surface area contributed by atoms with Crippen LogP contribution in [0, 0.1) is 0 Å². The van der Waals surface area contributed by atoms with Gasteiger partial charge in [-0.05, 0) is 41.0 Å². The molecule has 4 aromatic rings. The molecule has 0 atom stereocenters. The average Bonchev–Trinajstić information content (AvgIpc) is 3.10. The summed E-state index contributed by atoms with van der Waals surface area (Å²) >= 11 is 0. The Bertz CT molecular complexity index is 1340. The van der Waals surface area contributed by atoms with Gasteiger partial charge in [0.2, 0.25) is 15.9 Å². The van der Waals surface area contributed by atoms with Crippen LogP contribution >= 0.6 is 0 Å². The summed E-state index contributed by atoms with van der Waals surface area (Å²) in [6.07, 6.45) is 2.21. The van der Waals surface area contributed by atoms with Gasteiger partial charge < -0.3 is 9.73 Å². The number of fused-ring (bicyclic) bond motifs is 3. The number of benzene rings is 3. The second-order valence-corrected chi connectivity index (χ2v) is 8.40. The number of anilines is 1. The number of hydrogen-bond acceptors (Lipinski definition) is 4. The van der Waals surface area contributed by atoms with Crippen LogP contribution in [-0.4, -0.2) is 14.3 Å². The van der Waals surface area contributed by atoms with Crippen LogP contribution in [0.5, 0.6) is 0 Å². The van der Waals surface area contributed by atoms with Gasteiger partial charge in [-0.2, -0.15) is 0 Å². The molecule has 0 spiro atoms. The monoisotopic (exact) mass is 408 g/mol. The molecule has 29 heavy (non-hydrogen) atoms. The van der Waals surface area contributed by atoms with Gasteiger partial charge in [0.25, 0.3) is 0 Å². The summed E-state index contributed by atoms with van der Waals surface area (Å²) < 4.78 is 29.3. The number of primary sulfonamides is 1. The van der Waals surface area contributed by atoms with Crippen molar-refractivity contribution in [3.63, 3.8) is 0 Å². The molecular weight excluding hydrogens is 388 g/mol. The Morgan fingerprint density at radius 2 is 1.86 bits per heavy atom. The van der Waals surface area contributed by atoms with Crippen LogP contribution in [0.2, 0.25) is 0 Å². The molecule has 1 aromatic heterocycles. The molecule has 0 aliphatic carbocycles. The molecule has 4 rings (SSSR count). The van der Waals surface area contributed by atoms with E-state index in [0.717, 1.165) is 27.3 Å². The molecule has 3 N–H and O–H groups in total. The van der Waals surface area contributed by atoms with Gasteiger partial charge in [0.05, 0.1) is 17.6 Å². The van der Waals surface area contributed by atoms with Crippen LogP contribution in [0.1, 0.15) is 18.1 Å². The highest BCUT2D eigenvalue weighted by atomic mass is 32.2. The molecular formula is C22H20N2O4S. The van der Waals surface area contributed by atoms with Crippen molar-refractivity contribution in [2.45, 2.75) is 24.7 Å².